The van der Waals surface area contributed by atoms with Crippen LogP contribution in [0, 0.1) is 0 Å². The average Bonchev–Trinajstić information content (AvgIpc) is 4.11. The number of benzene rings is 9. The Kier molecular flexibility index (Phi) is 5.96. The van der Waals surface area contributed by atoms with Crippen molar-refractivity contribution in [3.05, 3.63) is 176 Å². The van der Waals surface area contributed by atoms with E-state index in [9.17, 15) is 0 Å². The first kappa shape index (κ1) is 31.1. The van der Waals surface area contributed by atoms with Gasteiger partial charge < -0.3 is 22.2 Å². The first-order valence-electron chi connectivity index (χ1n) is 19.9. The summed E-state index contributed by atoms with van der Waals surface area (Å²) in [5.74, 6) is 0. The van der Waals surface area contributed by atoms with Crippen LogP contribution in [0.4, 0.5) is 0 Å². The van der Waals surface area contributed by atoms with Gasteiger partial charge >= 0.3 is 0 Å². The zero-order chi connectivity index (χ0) is 38.3. The fourth-order valence-electron chi connectivity index (χ4n) is 9.87. The zero-order valence-corrected chi connectivity index (χ0v) is 31.3. The molecule has 9 aromatic carbocycles. The second kappa shape index (κ2) is 11.3. The van der Waals surface area contributed by atoms with E-state index in [-0.39, 0.29) is 0 Å². The van der Waals surface area contributed by atoms with Crippen LogP contribution in [0.15, 0.2) is 194 Å². The summed E-state index contributed by atoms with van der Waals surface area (Å²) in [6.07, 6.45) is 0. The molecule has 5 aromatic heterocycles. The predicted octanol–water partition coefficient (Wildman–Crippen LogP) is 15.7. The minimum Gasteiger partial charge on any atom is -0.455 e. The Morgan fingerprint density at radius 2 is 0.729 bits per heavy atom. The van der Waals surface area contributed by atoms with Crippen molar-refractivity contribution >= 4 is 110 Å². The largest absolute Gasteiger partial charge is 0.455 e. The topological polar surface area (TPSA) is 57.5 Å². The minimum absolute atomic E-state index is 0.734. The quantitative estimate of drug-likeness (QED) is 0.180. The van der Waals surface area contributed by atoms with Crippen molar-refractivity contribution in [3.8, 4) is 27.9 Å². The maximum atomic E-state index is 7.00. The molecule has 14 rings (SSSR count). The molecule has 0 fully saturated rings. The van der Waals surface area contributed by atoms with Gasteiger partial charge in [-0.25, -0.2) is 0 Å². The number of aromatic nitrogens is 1. The molecule has 0 aliphatic heterocycles. The summed E-state index contributed by atoms with van der Waals surface area (Å²) in [6.45, 7) is 0. The van der Waals surface area contributed by atoms with Gasteiger partial charge in [-0.2, -0.15) is 0 Å². The molecular formula is C54H29NO4. The lowest BCUT2D eigenvalue weighted by Gasteiger charge is -2.07. The Morgan fingerprint density at radius 3 is 1.46 bits per heavy atom. The van der Waals surface area contributed by atoms with Crippen LogP contribution < -0.4 is 0 Å². The molecule has 59 heavy (non-hydrogen) atoms. The van der Waals surface area contributed by atoms with E-state index in [1.165, 1.54) is 21.8 Å². The summed E-state index contributed by atoms with van der Waals surface area (Å²) in [4.78, 5) is 0. The van der Waals surface area contributed by atoms with Crippen molar-refractivity contribution in [1.29, 1.82) is 0 Å². The highest BCUT2D eigenvalue weighted by atomic mass is 16.4. The molecule has 0 saturated heterocycles. The number of fused-ring (bicyclic) bond motifs is 16. The average molecular weight is 756 g/mol. The van der Waals surface area contributed by atoms with Crippen LogP contribution in [0.5, 0.6) is 0 Å². The molecule has 0 aliphatic carbocycles. The van der Waals surface area contributed by atoms with Gasteiger partial charge in [0, 0.05) is 76.2 Å². The van der Waals surface area contributed by atoms with E-state index in [0.29, 0.717) is 0 Å². The van der Waals surface area contributed by atoms with E-state index in [1.807, 2.05) is 18.2 Å². The summed E-state index contributed by atoms with van der Waals surface area (Å²) in [6, 6.07) is 61.6. The molecule has 0 radical (unpaired) electrons. The van der Waals surface area contributed by atoms with Gasteiger partial charge in [0.2, 0.25) is 0 Å². The molecule has 0 saturated carbocycles. The lowest BCUT2D eigenvalue weighted by molar-refractivity contribution is 0.633. The van der Waals surface area contributed by atoms with Crippen molar-refractivity contribution in [3.63, 3.8) is 0 Å². The van der Waals surface area contributed by atoms with Gasteiger partial charge in [-0.1, -0.05) is 121 Å². The van der Waals surface area contributed by atoms with E-state index in [1.54, 1.807) is 0 Å². The van der Waals surface area contributed by atoms with Gasteiger partial charge in [-0.3, -0.25) is 0 Å². The summed E-state index contributed by atoms with van der Waals surface area (Å²) < 4.78 is 29.2. The third-order valence-corrected chi connectivity index (χ3v) is 12.4. The highest BCUT2D eigenvalue weighted by Crippen LogP contribution is 2.47. The Hall–Kier alpha value is -8.02. The monoisotopic (exact) mass is 755 g/mol. The molecular weight excluding hydrogens is 727 g/mol. The highest BCUT2D eigenvalue weighted by Gasteiger charge is 2.23. The third-order valence-electron chi connectivity index (χ3n) is 12.4. The number of nitrogens with zero attached hydrogens (tertiary/aromatic N) is 1. The smallest absolute Gasteiger partial charge is 0.178 e. The molecule has 14 aromatic rings. The standard InChI is InChI=1S/C54H29NO4/c1-4-21-44-31(11-1)32-12-2-5-22-45(32)55(44)30-25-28-47-43(29-30)41-26-27-42-49-34(14-10-24-48(49)58-54(42)53(41)57-47)36-16-8-18-39-40-20-9-19-38(52(40)59-51(36)39)37-17-7-15-35-33-13-3-6-23-46(33)56-50(35)37/h1-29H. The number of hydrogen-bond donors (Lipinski definition) is 0. The van der Waals surface area contributed by atoms with Crippen LogP contribution in [0.25, 0.3) is 138 Å². The van der Waals surface area contributed by atoms with Gasteiger partial charge in [0.05, 0.1) is 11.0 Å². The van der Waals surface area contributed by atoms with E-state index < -0.39 is 0 Å². The van der Waals surface area contributed by atoms with Crippen LogP contribution in [-0.2, 0) is 0 Å². The van der Waals surface area contributed by atoms with Crippen LogP contribution in [0.2, 0.25) is 0 Å². The van der Waals surface area contributed by atoms with Gasteiger partial charge in [-0.15, -0.1) is 0 Å². The normalized spacial score (nSPS) is 12.4. The van der Waals surface area contributed by atoms with E-state index in [4.69, 9.17) is 17.7 Å². The maximum absolute atomic E-state index is 7.00. The number of hydrogen-bond acceptors (Lipinski definition) is 4. The Morgan fingerprint density at radius 1 is 0.271 bits per heavy atom. The molecule has 0 N–H and O–H groups in total. The van der Waals surface area contributed by atoms with Gasteiger partial charge in [0.1, 0.15) is 33.5 Å². The van der Waals surface area contributed by atoms with E-state index in [2.05, 4.69) is 162 Å². The van der Waals surface area contributed by atoms with Crippen molar-refractivity contribution in [2.75, 3.05) is 0 Å². The first-order chi connectivity index (χ1) is 29.3. The summed E-state index contributed by atoms with van der Waals surface area (Å²) in [5.41, 5.74) is 13.9. The minimum atomic E-state index is 0.734. The molecule has 0 atom stereocenters. The predicted molar refractivity (Wildman–Crippen MR) is 241 cm³/mol. The lowest BCUT2D eigenvalue weighted by Crippen LogP contribution is -1.93. The zero-order valence-electron chi connectivity index (χ0n) is 31.3. The SMILES string of the molecule is c1ccc2c(c1)oc1c(-c3cccc4c3oc3c(-c5cccc6oc7c(ccc8c9cc(-n%10c%11ccccc%11c%11ccccc%11%10)ccc9oc87)c56)cccc34)cccc12. The highest BCUT2D eigenvalue weighted by molar-refractivity contribution is 6.24. The Bertz CT molecular complexity index is 4040. The fraction of sp³-hybridized carbons (Fsp3) is 0. The Labute approximate surface area is 334 Å². The lowest BCUT2D eigenvalue weighted by atomic mass is 9.96. The number of para-hydroxylation sites is 6. The number of furan rings is 4. The van der Waals surface area contributed by atoms with Crippen LogP contribution >= 0.6 is 0 Å². The second-order valence-corrected chi connectivity index (χ2v) is 15.5. The maximum Gasteiger partial charge on any atom is 0.178 e. The molecule has 0 spiro atoms. The van der Waals surface area contributed by atoms with Crippen LogP contribution in [-0.4, -0.2) is 4.57 Å². The second-order valence-electron chi connectivity index (χ2n) is 15.5. The molecule has 5 heteroatoms. The molecule has 5 heterocycles. The van der Waals surface area contributed by atoms with Crippen LogP contribution in [0.1, 0.15) is 0 Å². The molecule has 5 nitrogen and oxygen atoms in total. The van der Waals surface area contributed by atoms with E-state index in [0.717, 1.165) is 116 Å². The van der Waals surface area contributed by atoms with Crippen molar-refractivity contribution in [2.24, 2.45) is 0 Å². The summed E-state index contributed by atoms with van der Waals surface area (Å²) in [7, 11) is 0. The van der Waals surface area contributed by atoms with Gasteiger partial charge in [0.25, 0.3) is 0 Å². The molecule has 0 amide bonds. The van der Waals surface area contributed by atoms with Gasteiger partial charge in [0.15, 0.2) is 11.2 Å². The first-order valence-corrected chi connectivity index (χ1v) is 19.9. The van der Waals surface area contributed by atoms with Gasteiger partial charge in [-0.05, 0) is 60.2 Å². The molecule has 274 valence electrons. The molecule has 0 unspecified atom stereocenters. The molecule has 0 aliphatic rings. The Balaban J connectivity index is 0.960. The third kappa shape index (κ3) is 4.13. The number of rotatable bonds is 3. The van der Waals surface area contributed by atoms with Crippen molar-refractivity contribution < 1.29 is 17.7 Å². The fourth-order valence-corrected chi connectivity index (χ4v) is 9.87. The van der Waals surface area contributed by atoms with Crippen LogP contribution in [0.3, 0.4) is 0 Å². The summed E-state index contributed by atoms with van der Waals surface area (Å²) in [5, 5.41) is 10.9. The van der Waals surface area contributed by atoms with Crippen molar-refractivity contribution in [2.45, 2.75) is 0 Å². The van der Waals surface area contributed by atoms with Crippen molar-refractivity contribution in [1.82, 2.24) is 4.57 Å². The van der Waals surface area contributed by atoms with E-state index >= 15 is 0 Å². The molecule has 0 bridgehead atoms. The summed E-state index contributed by atoms with van der Waals surface area (Å²) >= 11 is 0.